The summed E-state index contributed by atoms with van der Waals surface area (Å²) in [6.45, 7) is 6.52. The average molecular weight is 245 g/mol. The third kappa shape index (κ3) is 3.20. The number of carbonyl (C=O) groups excluding carboxylic acids is 1. The second kappa shape index (κ2) is 4.85. The van der Waals surface area contributed by atoms with Crippen LogP contribution in [-0.4, -0.2) is 11.8 Å². The van der Waals surface area contributed by atoms with Crippen LogP contribution in [0, 0.1) is 5.92 Å². The van der Waals surface area contributed by atoms with E-state index in [9.17, 15) is 4.79 Å². The summed E-state index contributed by atoms with van der Waals surface area (Å²) < 4.78 is 0. The molecule has 18 heavy (non-hydrogen) atoms. The predicted octanol–water partition coefficient (Wildman–Crippen LogP) is 3.29. The number of benzene rings is 1. The van der Waals surface area contributed by atoms with Gasteiger partial charge in [-0.3, -0.25) is 4.79 Å². The molecule has 1 atom stereocenters. The van der Waals surface area contributed by atoms with Gasteiger partial charge in [0, 0.05) is 18.0 Å². The van der Waals surface area contributed by atoms with Crippen molar-refractivity contribution in [2.75, 3.05) is 0 Å². The van der Waals surface area contributed by atoms with E-state index in [1.54, 1.807) is 0 Å². The van der Waals surface area contributed by atoms with E-state index < -0.39 is 0 Å². The fourth-order valence-corrected chi connectivity index (χ4v) is 2.18. The van der Waals surface area contributed by atoms with E-state index in [4.69, 9.17) is 5.73 Å². The molecule has 0 aliphatic heterocycles. The van der Waals surface area contributed by atoms with Gasteiger partial charge in [0.05, 0.1) is 0 Å². The van der Waals surface area contributed by atoms with Gasteiger partial charge in [-0.1, -0.05) is 45.0 Å². The van der Waals surface area contributed by atoms with Crippen molar-refractivity contribution < 1.29 is 4.79 Å². The van der Waals surface area contributed by atoms with Crippen molar-refractivity contribution in [3.8, 4) is 0 Å². The van der Waals surface area contributed by atoms with Gasteiger partial charge in [-0.2, -0.15) is 0 Å². The summed E-state index contributed by atoms with van der Waals surface area (Å²) in [6.07, 6.45) is 2.87. The van der Waals surface area contributed by atoms with E-state index in [1.807, 2.05) is 12.1 Å². The molecule has 1 aromatic rings. The Morgan fingerprint density at radius 3 is 2.28 bits per heavy atom. The maximum absolute atomic E-state index is 12.1. The molecule has 2 rings (SSSR count). The van der Waals surface area contributed by atoms with Gasteiger partial charge in [0.1, 0.15) is 0 Å². The van der Waals surface area contributed by atoms with Crippen LogP contribution >= 0.6 is 0 Å². The number of carbonyl (C=O) groups is 1. The van der Waals surface area contributed by atoms with E-state index in [1.165, 1.54) is 18.4 Å². The van der Waals surface area contributed by atoms with Gasteiger partial charge < -0.3 is 5.73 Å². The molecule has 0 saturated heterocycles. The number of hydrogen-bond acceptors (Lipinski definition) is 2. The standard InChI is InChI=1S/C16H23NO/c1-16(2,3)13-8-6-12(7-9-13)15(18)10-14(17)11-4-5-11/h6-9,11,14H,4-5,10,17H2,1-3H3. The number of ketones is 1. The Balaban J connectivity index is 2.02. The molecule has 2 N–H and O–H groups in total. The lowest BCUT2D eigenvalue weighted by molar-refractivity contribution is 0.0971. The van der Waals surface area contributed by atoms with Crippen LogP contribution in [0.1, 0.15) is 56.0 Å². The van der Waals surface area contributed by atoms with E-state index in [0.29, 0.717) is 12.3 Å². The van der Waals surface area contributed by atoms with E-state index in [0.717, 1.165) is 5.56 Å². The van der Waals surface area contributed by atoms with Crippen LogP contribution < -0.4 is 5.73 Å². The van der Waals surface area contributed by atoms with Crippen LogP contribution in [0.3, 0.4) is 0 Å². The van der Waals surface area contributed by atoms with Crippen molar-refractivity contribution in [3.63, 3.8) is 0 Å². The highest BCUT2D eigenvalue weighted by Gasteiger charge is 2.30. The zero-order valence-electron chi connectivity index (χ0n) is 11.6. The van der Waals surface area contributed by atoms with Crippen molar-refractivity contribution in [1.29, 1.82) is 0 Å². The van der Waals surface area contributed by atoms with Gasteiger partial charge >= 0.3 is 0 Å². The monoisotopic (exact) mass is 245 g/mol. The molecule has 0 amide bonds. The summed E-state index contributed by atoms with van der Waals surface area (Å²) in [6, 6.07) is 8.02. The molecule has 1 aromatic carbocycles. The number of nitrogens with two attached hydrogens (primary N) is 1. The van der Waals surface area contributed by atoms with Gasteiger partial charge in [0.15, 0.2) is 5.78 Å². The first kappa shape index (κ1) is 13.3. The predicted molar refractivity (Wildman–Crippen MR) is 74.8 cm³/mol. The normalized spacial score (nSPS) is 17.6. The Labute approximate surface area is 110 Å². The molecule has 0 aromatic heterocycles. The van der Waals surface area contributed by atoms with Gasteiger partial charge in [-0.25, -0.2) is 0 Å². The topological polar surface area (TPSA) is 43.1 Å². The minimum Gasteiger partial charge on any atom is -0.327 e. The molecule has 2 heteroatoms. The van der Waals surface area contributed by atoms with Crippen LogP contribution in [-0.2, 0) is 5.41 Å². The van der Waals surface area contributed by atoms with Crippen molar-refractivity contribution >= 4 is 5.78 Å². The second-order valence-electron chi connectivity index (χ2n) is 6.46. The van der Waals surface area contributed by atoms with E-state index in [-0.39, 0.29) is 17.2 Å². The molecule has 0 radical (unpaired) electrons. The molecular weight excluding hydrogens is 222 g/mol. The summed E-state index contributed by atoms with van der Waals surface area (Å²) in [4.78, 5) is 12.1. The second-order valence-corrected chi connectivity index (χ2v) is 6.46. The third-order valence-electron chi connectivity index (χ3n) is 3.72. The zero-order chi connectivity index (χ0) is 13.3. The third-order valence-corrected chi connectivity index (χ3v) is 3.72. The number of hydrogen-bond donors (Lipinski definition) is 1. The number of Topliss-reactive ketones (excluding diaryl/α,β-unsaturated/α-hetero) is 1. The highest BCUT2D eigenvalue weighted by atomic mass is 16.1. The SMILES string of the molecule is CC(C)(C)c1ccc(C(=O)CC(N)C2CC2)cc1. The van der Waals surface area contributed by atoms with Crippen molar-refractivity contribution in [3.05, 3.63) is 35.4 Å². The Morgan fingerprint density at radius 1 is 1.28 bits per heavy atom. The first-order valence-electron chi connectivity index (χ1n) is 6.77. The maximum Gasteiger partial charge on any atom is 0.164 e. The van der Waals surface area contributed by atoms with Crippen LogP contribution in [0.2, 0.25) is 0 Å². The summed E-state index contributed by atoms with van der Waals surface area (Å²) in [5, 5.41) is 0. The minimum atomic E-state index is 0.0554. The molecule has 1 aliphatic rings. The first-order valence-corrected chi connectivity index (χ1v) is 6.77. The Hall–Kier alpha value is -1.15. The highest BCUT2D eigenvalue weighted by Crippen LogP contribution is 2.33. The average Bonchev–Trinajstić information content (AvgIpc) is 3.11. The highest BCUT2D eigenvalue weighted by molar-refractivity contribution is 5.96. The van der Waals surface area contributed by atoms with Crippen LogP contribution in [0.25, 0.3) is 0 Å². The van der Waals surface area contributed by atoms with Crippen LogP contribution in [0.15, 0.2) is 24.3 Å². The van der Waals surface area contributed by atoms with Gasteiger partial charge in [0.25, 0.3) is 0 Å². The maximum atomic E-state index is 12.1. The van der Waals surface area contributed by atoms with Crippen LogP contribution in [0.5, 0.6) is 0 Å². The van der Waals surface area contributed by atoms with Crippen molar-refractivity contribution in [1.82, 2.24) is 0 Å². The van der Waals surface area contributed by atoms with Crippen LogP contribution in [0.4, 0.5) is 0 Å². The number of rotatable bonds is 4. The molecule has 0 bridgehead atoms. The smallest absolute Gasteiger partial charge is 0.164 e. The zero-order valence-corrected chi connectivity index (χ0v) is 11.6. The first-order chi connectivity index (χ1) is 8.38. The molecule has 0 heterocycles. The molecule has 1 unspecified atom stereocenters. The summed E-state index contributed by atoms with van der Waals surface area (Å²) in [5.74, 6) is 0.762. The van der Waals surface area contributed by atoms with Gasteiger partial charge in [-0.15, -0.1) is 0 Å². The molecular formula is C16H23NO. The van der Waals surface area contributed by atoms with E-state index in [2.05, 4.69) is 32.9 Å². The molecule has 1 fully saturated rings. The quantitative estimate of drug-likeness (QED) is 0.827. The molecule has 98 valence electrons. The fraction of sp³-hybridized carbons (Fsp3) is 0.562. The lowest BCUT2D eigenvalue weighted by Crippen LogP contribution is -2.26. The van der Waals surface area contributed by atoms with Crippen molar-refractivity contribution in [2.24, 2.45) is 11.7 Å². The summed E-state index contributed by atoms with van der Waals surface area (Å²) in [7, 11) is 0. The Bertz CT molecular complexity index is 423. The Morgan fingerprint density at radius 2 is 1.83 bits per heavy atom. The summed E-state index contributed by atoms with van der Waals surface area (Å²) >= 11 is 0. The fourth-order valence-electron chi connectivity index (χ4n) is 2.18. The van der Waals surface area contributed by atoms with Gasteiger partial charge in [-0.05, 0) is 29.7 Å². The van der Waals surface area contributed by atoms with Crippen molar-refractivity contribution in [2.45, 2.75) is 51.5 Å². The Kier molecular flexibility index (Phi) is 3.58. The van der Waals surface area contributed by atoms with E-state index >= 15 is 0 Å². The largest absolute Gasteiger partial charge is 0.327 e. The molecule has 1 saturated carbocycles. The molecule has 0 spiro atoms. The summed E-state index contributed by atoms with van der Waals surface area (Å²) in [5.41, 5.74) is 8.17. The lowest BCUT2D eigenvalue weighted by atomic mass is 9.86. The lowest BCUT2D eigenvalue weighted by Gasteiger charge is -2.19. The minimum absolute atomic E-state index is 0.0554. The van der Waals surface area contributed by atoms with Gasteiger partial charge in [0.2, 0.25) is 0 Å². The molecule has 2 nitrogen and oxygen atoms in total. The molecule has 1 aliphatic carbocycles.